The van der Waals surface area contributed by atoms with Crippen LogP contribution in [0.3, 0.4) is 0 Å². The van der Waals surface area contributed by atoms with Crippen LogP contribution in [0.15, 0.2) is 18.3 Å². The van der Waals surface area contributed by atoms with Crippen LogP contribution < -0.4 is 0 Å². The highest BCUT2D eigenvalue weighted by Gasteiger charge is 2.28. The van der Waals surface area contributed by atoms with Gasteiger partial charge in [-0.05, 0) is 25.0 Å². The molecule has 1 aliphatic heterocycles. The lowest BCUT2D eigenvalue weighted by Crippen LogP contribution is -2.42. The summed E-state index contributed by atoms with van der Waals surface area (Å²) < 4.78 is 0. The number of likely N-dealkylation sites (tertiary alicyclic amines) is 1. The summed E-state index contributed by atoms with van der Waals surface area (Å²) in [7, 11) is 0. The molecule has 6 nitrogen and oxygen atoms in total. The third-order valence-corrected chi connectivity index (χ3v) is 3.17. The molecule has 0 bridgehead atoms. The molecule has 1 atom stereocenters. The van der Waals surface area contributed by atoms with Crippen molar-refractivity contribution in [1.29, 1.82) is 5.26 Å². The van der Waals surface area contributed by atoms with E-state index in [2.05, 4.69) is 4.98 Å². The Morgan fingerprint density at radius 3 is 2.84 bits per heavy atom. The molecule has 1 amide bonds. The molecular weight excluding hydrogens is 246 g/mol. The van der Waals surface area contributed by atoms with E-state index < -0.39 is 11.9 Å². The van der Waals surface area contributed by atoms with Gasteiger partial charge < -0.3 is 10.0 Å². The van der Waals surface area contributed by atoms with Crippen LogP contribution in [-0.4, -0.2) is 40.0 Å². The van der Waals surface area contributed by atoms with Crippen molar-refractivity contribution < 1.29 is 14.7 Å². The van der Waals surface area contributed by atoms with E-state index in [4.69, 9.17) is 10.4 Å². The van der Waals surface area contributed by atoms with Gasteiger partial charge in [-0.3, -0.25) is 9.59 Å². The van der Waals surface area contributed by atoms with Crippen LogP contribution >= 0.6 is 0 Å². The fourth-order valence-corrected chi connectivity index (χ4v) is 2.11. The van der Waals surface area contributed by atoms with E-state index >= 15 is 0 Å². The number of hydrogen-bond donors (Lipinski definition) is 1. The molecule has 1 unspecified atom stereocenters. The average Bonchev–Trinajstić information content (AvgIpc) is 2.46. The first-order valence-corrected chi connectivity index (χ1v) is 6.00. The van der Waals surface area contributed by atoms with Crippen molar-refractivity contribution in [2.75, 3.05) is 13.1 Å². The van der Waals surface area contributed by atoms with Crippen LogP contribution in [0, 0.1) is 17.2 Å². The highest BCUT2D eigenvalue weighted by Crippen LogP contribution is 2.18. The predicted molar refractivity (Wildman–Crippen MR) is 65.2 cm³/mol. The summed E-state index contributed by atoms with van der Waals surface area (Å²) in [5, 5.41) is 17.6. The largest absolute Gasteiger partial charge is 0.481 e. The molecule has 1 N–H and O–H groups in total. The standard InChI is InChI=1S/C13H13N3O3/c14-6-9-3-4-11(15-7-9)12(17)16-5-1-2-10(8-16)13(18)19/h3-4,7,10H,1-2,5,8H2,(H,18,19). The summed E-state index contributed by atoms with van der Waals surface area (Å²) >= 11 is 0. The minimum Gasteiger partial charge on any atom is -0.481 e. The summed E-state index contributed by atoms with van der Waals surface area (Å²) in [6.07, 6.45) is 2.62. The first kappa shape index (κ1) is 13.0. The molecule has 1 aromatic rings. The minimum atomic E-state index is -0.870. The molecule has 19 heavy (non-hydrogen) atoms. The van der Waals surface area contributed by atoms with Gasteiger partial charge in [0.1, 0.15) is 11.8 Å². The van der Waals surface area contributed by atoms with Crippen LogP contribution in [0.1, 0.15) is 28.9 Å². The Hall–Kier alpha value is -2.42. The average molecular weight is 259 g/mol. The van der Waals surface area contributed by atoms with Gasteiger partial charge in [-0.25, -0.2) is 4.98 Å². The van der Waals surface area contributed by atoms with Crippen molar-refractivity contribution >= 4 is 11.9 Å². The molecule has 1 aliphatic rings. The van der Waals surface area contributed by atoms with Gasteiger partial charge in [-0.1, -0.05) is 0 Å². The maximum absolute atomic E-state index is 12.2. The third kappa shape index (κ3) is 2.88. The molecule has 6 heteroatoms. The van der Waals surface area contributed by atoms with Crippen molar-refractivity contribution in [2.45, 2.75) is 12.8 Å². The monoisotopic (exact) mass is 259 g/mol. The Kier molecular flexibility index (Phi) is 3.76. The van der Waals surface area contributed by atoms with E-state index in [1.54, 1.807) is 0 Å². The SMILES string of the molecule is N#Cc1ccc(C(=O)N2CCCC(C(=O)O)C2)nc1. The number of nitriles is 1. The fraction of sp³-hybridized carbons (Fsp3) is 0.385. The highest BCUT2D eigenvalue weighted by molar-refractivity contribution is 5.92. The molecule has 98 valence electrons. The highest BCUT2D eigenvalue weighted by atomic mass is 16.4. The quantitative estimate of drug-likeness (QED) is 0.851. The Labute approximate surface area is 110 Å². The molecule has 0 radical (unpaired) electrons. The number of carbonyl (C=O) groups is 2. The zero-order valence-electron chi connectivity index (χ0n) is 10.2. The van der Waals surface area contributed by atoms with E-state index in [1.165, 1.54) is 23.2 Å². The summed E-state index contributed by atoms with van der Waals surface area (Å²) in [6.45, 7) is 0.764. The van der Waals surface area contributed by atoms with Gasteiger partial charge in [-0.15, -0.1) is 0 Å². The number of rotatable bonds is 2. The predicted octanol–water partition coefficient (Wildman–Crippen LogP) is 0.890. The second-order valence-electron chi connectivity index (χ2n) is 4.47. The van der Waals surface area contributed by atoms with Crippen LogP contribution in [0.4, 0.5) is 0 Å². The Balaban J connectivity index is 2.10. The summed E-state index contributed by atoms with van der Waals surface area (Å²) in [5.41, 5.74) is 0.628. The number of aliphatic carboxylic acids is 1. The molecule has 1 fully saturated rings. The Bertz CT molecular complexity index is 533. The molecule has 2 heterocycles. The number of aromatic nitrogens is 1. The number of piperidine rings is 1. The number of carboxylic acids is 1. The summed E-state index contributed by atoms with van der Waals surface area (Å²) in [4.78, 5) is 28.6. The summed E-state index contributed by atoms with van der Waals surface area (Å²) in [5.74, 6) is -1.66. The van der Waals surface area contributed by atoms with Crippen molar-refractivity contribution in [2.24, 2.45) is 5.92 Å². The van der Waals surface area contributed by atoms with Crippen molar-refractivity contribution in [1.82, 2.24) is 9.88 Å². The van der Waals surface area contributed by atoms with Crippen molar-refractivity contribution in [3.8, 4) is 6.07 Å². The van der Waals surface area contributed by atoms with E-state index in [9.17, 15) is 9.59 Å². The van der Waals surface area contributed by atoms with Gasteiger partial charge in [0, 0.05) is 19.3 Å². The molecule has 2 rings (SSSR count). The molecule has 1 aromatic heterocycles. The lowest BCUT2D eigenvalue weighted by atomic mass is 9.98. The van der Waals surface area contributed by atoms with Crippen molar-refractivity contribution in [3.05, 3.63) is 29.6 Å². The number of amides is 1. The number of pyridine rings is 1. The maximum Gasteiger partial charge on any atom is 0.308 e. The van der Waals surface area contributed by atoms with Gasteiger partial charge in [0.2, 0.25) is 0 Å². The minimum absolute atomic E-state index is 0.218. The number of carboxylic acid groups (broad SMARTS) is 1. The van der Waals surface area contributed by atoms with Crippen molar-refractivity contribution in [3.63, 3.8) is 0 Å². The Morgan fingerprint density at radius 1 is 1.47 bits per heavy atom. The van der Waals surface area contributed by atoms with Gasteiger partial charge in [0.25, 0.3) is 5.91 Å². The third-order valence-electron chi connectivity index (χ3n) is 3.17. The second-order valence-corrected chi connectivity index (χ2v) is 4.47. The molecule has 1 saturated heterocycles. The molecular formula is C13H13N3O3. The van der Waals surface area contributed by atoms with E-state index in [0.29, 0.717) is 24.9 Å². The lowest BCUT2D eigenvalue weighted by Gasteiger charge is -2.30. The number of carbonyl (C=O) groups excluding carboxylic acids is 1. The smallest absolute Gasteiger partial charge is 0.308 e. The first-order valence-electron chi connectivity index (χ1n) is 6.00. The molecule has 0 aliphatic carbocycles. The topological polar surface area (TPSA) is 94.3 Å². The van der Waals surface area contributed by atoms with E-state index in [-0.39, 0.29) is 18.1 Å². The number of hydrogen-bond acceptors (Lipinski definition) is 4. The van der Waals surface area contributed by atoms with Gasteiger partial charge in [-0.2, -0.15) is 5.26 Å². The second kappa shape index (κ2) is 5.48. The maximum atomic E-state index is 12.2. The van der Waals surface area contributed by atoms with Crippen LogP contribution in [0.25, 0.3) is 0 Å². The zero-order chi connectivity index (χ0) is 13.8. The van der Waals surface area contributed by atoms with E-state index in [0.717, 1.165) is 0 Å². The molecule has 0 saturated carbocycles. The van der Waals surface area contributed by atoms with Crippen LogP contribution in [0.5, 0.6) is 0 Å². The van der Waals surface area contributed by atoms with Crippen LogP contribution in [-0.2, 0) is 4.79 Å². The van der Waals surface area contributed by atoms with Gasteiger partial charge in [0.15, 0.2) is 0 Å². The van der Waals surface area contributed by atoms with Gasteiger partial charge >= 0.3 is 5.97 Å². The first-order chi connectivity index (χ1) is 9.11. The van der Waals surface area contributed by atoms with Crippen LogP contribution in [0.2, 0.25) is 0 Å². The van der Waals surface area contributed by atoms with Gasteiger partial charge in [0.05, 0.1) is 11.5 Å². The van der Waals surface area contributed by atoms with E-state index in [1.807, 2.05) is 6.07 Å². The normalized spacial score (nSPS) is 18.7. The summed E-state index contributed by atoms with van der Waals surface area (Å²) in [6, 6.07) is 4.95. The fourth-order valence-electron chi connectivity index (χ4n) is 2.11. The molecule has 0 aromatic carbocycles. The molecule has 0 spiro atoms. The lowest BCUT2D eigenvalue weighted by molar-refractivity contribution is -0.143. The zero-order valence-corrected chi connectivity index (χ0v) is 10.2. The Morgan fingerprint density at radius 2 is 2.26 bits per heavy atom. The number of nitrogens with zero attached hydrogens (tertiary/aromatic N) is 3.